The number of piperidine rings is 2. The van der Waals surface area contributed by atoms with Gasteiger partial charge in [-0.25, -0.2) is 9.97 Å². The van der Waals surface area contributed by atoms with Gasteiger partial charge >= 0.3 is 12.0 Å². The van der Waals surface area contributed by atoms with Crippen LogP contribution < -0.4 is 4.74 Å². The summed E-state index contributed by atoms with van der Waals surface area (Å²) >= 11 is 0. The van der Waals surface area contributed by atoms with Gasteiger partial charge in [-0.3, -0.25) is 9.69 Å². The van der Waals surface area contributed by atoms with Crippen LogP contribution in [0.1, 0.15) is 24.8 Å². The van der Waals surface area contributed by atoms with Crippen LogP contribution in [0, 0.1) is 5.41 Å². The molecule has 2 fully saturated rings. The summed E-state index contributed by atoms with van der Waals surface area (Å²) in [5, 5.41) is 9.80. The van der Waals surface area contributed by atoms with E-state index in [1.54, 1.807) is 19.5 Å². The number of likely N-dealkylation sites (N-methyl/N-ethyl adjacent to an activating group) is 1. The topological polar surface area (TPSA) is 78.8 Å². The van der Waals surface area contributed by atoms with Crippen LogP contribution in [0.4, 0.5) is 0 Å². The van der Waals surface area contributed by atoms with Crippen molar-refractivity contribution in [2.45, 2.75) is 31.8 Å². The van der Waals surface area contributed by atoms with Crippen LogP contribution in [-0.4, -0.2) is 70.7 Å². The number of nitrogens with zero attached hydrogens (tertiary/aromatic N) is 4. The van der Waals surface area contributed by atoms with Gasteiger partial charge in [0.2, 0.25) is 0 Å². The molecular weight excluding hydrogens is 296 g/mol. The minimum atomic E-state index is -0.638. The highest BCUT2D eigenvalue weighted by atomic mass is 16.5. The summed E-state index contributed by atoms with van der Waals surface area (Å²) in [5.74, 6) is -0.638. The molecule has 1 aromatic rings. The zero-order valence-corrected chi connectivity index (χ0v) is 13.7. The van der Waals surface area contributed by atoms with Crippen molar-refractivity contribution in [3.63, 3.8) is 0 Å². The third kappa shape index (κ3) is 3.03. The number of aliphatic carboxylic acids is 1. The number of aromatic nitrogens is 2. The predicted molar refractivity (Wildman–Crippen MR) is 84.2 cm³/mol. The molecule has 1 aromatic heterocycles. The molecule has 7 heteroatoms. The van der Waals surface area contributed by atoms with Crippen LogP contribution in [0.2, 0.25) is 0 Å². The van der Waals surface area contributed by atoms with E-state index in [0.29, 0.717) is 12.4 Å². The maximum atomic E-state index is 11.9. The monoisotopic (exact) mass is 320 g/mol. The van der Waals surface area contributed by atoms with E-state index in [1.807, 2.05) is 7.05 Å². The fourth-order valence-electron chi connectivity index (χ4n) is 3.98. The average molecular weight is 320 g/mol. The lowest BCUT2D eigenvalue weighted by molar-refractivity contribution is -0.162. The quantitative estimate of drug-likeness (QED) is 0.881. The van der Waals surface area contributed by atoms with E-state index in [1.165, 1.54) is 0 Å². The third-order valence-electron chi connectivity index (χ3n) is 5.31. The first kappa shape index (κ1) is 16.1. The van der Waals surface area contributed by atoms with Gasteiger partial charge in [-0.2, -0.15) is 0 Å². The van der Waals surface area contributed by atoms with Gasteiger partial charge in [0.25, 0.3) is 0 Å². The Balaban J connectivity index is 1.71. The minimum absolute atomic E-state index is 0.0710. The molecule has 0 spiro atoms. The SMILES string of the molecule is COc1ncc(CN2CC[C@@]3(C(=O)O)CCCN(C)[C@@H]3C2)cn1. The lowest BCUT2D eigenvalue weighted by atomic mass is 9.68. The number of methoxy groups -OCH3 is 1. The summed E-state index contributed by atoms with van der Waals surface area (Å²) in [7, 11) is 3.59. The largest absolute Gasteiger partial charge is 0.481 e. The van der Waals surface area contributed by atoms with Crippen molar-refractivity contribution in [2.24, 2.45) is 5.41 Å². The van der Waals surface area contributed by atoms with Gasteiger partial charge in [0.1, 0.15) is 0 Å². The van der Waals surface area contributed by atoms with Gasteiger partial charge in [0.15, 0.2) is 0 Å². The number of ether oxygens (including phenoxy) is 1. The molecule has 126 valence electrons. The molecule has 0 radical (unpaired) electrons. The van der Waals surface area contributed by atoms with Gasteiger partial charge in [-0.1, -0.05) is 0 Å². The van der Waals surface area contributed by atoms with E-state index in [-0.39, 0.29) is 6.04 Å². The van der Waals surface area contributed by atoms with E-state index in [4.69, 9.17) is 4.74 Å². The molecule has 0 saturated carbocycles. The van der Waals surface area contributed by atoms with Crippen molar-refractivity contribution in [3.8, 4) is 6.01 Å². The standard InChI is InChI=1S/C16H24N4O3/c1-19-6-3-4-16(14(21)22)5-7-20(11-13(16)19)10-12-8-17-15(23-2)18-9-12/h8-9,13H,3-7,10-11H2,1-2H3,(H,21,22)/t13-,16+/m1/s1. The zero-order valence-electron chi connectivity index (χ0n) is 13.7. The summed E-state index contributed by atoms with van der Waals surface area (Å²) in [6.07, 6.45) is 6.00. The molecule has 23 heavy (non-hydrogen) atoms. The molecule has 2 aliphatic heterocycles. The number of hydrogen-bond donors (Lipinski definition) is 1. The fraction of sp³-hybridized carbons (Fsp3) is 0.688. The van der Waals surface area contributed by atoms with E-state index in [0.717, 1.165) is 44.6 Å². The molecule has 3 rings (SSSR count). The first-order valence-corrected chi connectivity index (χ1v) is 8.06. The highest BCUT2D eigenvalue weighted by Gasteiger charge is 2.52. The molecule has 0 aliphatic carbocycles. The Kier molecular flexibility index (Phi) is 4.50. The summed E-state index contributed by atoms with van der Waals surface area (Å²) in [5.41, 5.74) is 0.437. The summed E-state index contributed by atoms with van der Waals surface area (Å²) in [6, 6.07) is 0.436. The van der Waals surface area contributed by atoms with Crippen molar-refractivity contribution in [2.75, 3.05) is 33.8 Å². The maximum absolute atomic E-state index is 11.9. The second kappa shape index (κ2) is 6.41. The van der Waals surface area contributed by atoms with Gasteiger partial charge < -0.3 is 14.7 Å². The highest BCUT2D eigenvalue weighted by molar-refractivity contribution is 5.76. The molecule has 2 aliphatic rings. The predicted octanol–water partition coefficient (Wildman–Crippen LogP) is 0.856. The van der Waals surface area contributed by atoms with Crippen LogP contribution in [-0.2, 0) is 11.3 Å². The minimum Gasteiger partial charge on any atom is -0.481 e. The molecular formula is C16H24N4O3. The molecule has 0 aromatic carbocycles. The number of carboxylic acid groups (broad SMARTS) is 1. The lowest BCUT2D eigenvalue weighted by Crippen LogP contribution is -2.62. The smallest absolute Gasteiger partial charge is 0.316 e. The van der Waals surface area contributed by atoms with Crippen molar-refractivity contribution in [1.29, 1.82) is 0 Å². The number of fused-ring (bicyclic) bond motifs is 1. The Hall–Kier alpha value is -1.73. The lowest BCUT2D eigenvalue weighted by Gasteiger charge is -2.51. The second-order valence-electron chi connectivity index (χ2n) is 6.62. The van der Waals surface area contributed by atoms with Crippen molar-refractivity contribution in [3.05, 3.63) is 18.0 Å². The van der Waals surface area contributed by atoms with Gasteiger partial charge in [-0.15, -0.1) is 0 Å². The first-order valence-electron chi connectivity index (χ1n) is 8.06. The third-order valence-corrected chi connectivity index (χ3v) is 5.31. The molecule has 1 N–H and O–H groups in total. The molecule has 2 saturated heterocycles. The van der Waals surface area contributed by atoms with E-state index >= 15 is 0 Å². The molecule has 7 nitrogen and oxygen atoms in total. The number of carbonyl (C=O) groups is 1. The number of carboxylic acids is 1. The Labute approximate surface area is 136 Å². The van der Waals surface area contributed by atoms with Crippen LogP contribution in [0.5, 0.6) is 6.01 Å². The van der Waals surface area contributed by atoms with Crippen LogP contribution >= 0.6 is 0 Å². The number of likely N-dealkylation sites (tertiary alicyclic amines) is 2. The Morgan fingerprint density at radius 3 is 2.78 bits per heavy atom. The normalized spacial score (nSPS) is 29.0. The van der Waals surface area contributed by atoms with E-state index in [2.05, 4.69) is 19.8 Å². The Morgan fingerprint density at radius 2 is 2.13 bits per heavy atom. The summed E-state index contributed by atoms with van der Waals surface area (Å²) < 4.78 is 4.98. The van der Waals surface area contributed by atoms with Crippen molar-refractivity contribution in [1.82, 2.24) is 19.8 Å². The number of hydrogen-bond acceptors (Lipinski definition) is 6. The Bertz CT molecular complexity index is 565. The van der Waals surface area contributed by atoms with Gasteiger partial charge in [0, 0.05) is 37.1 Å². The zero-order chi connectivity index (χ0) is 16.4. The van der Waals surface area contributed by atoms with Gasteiger partial charge in [-0.05, 0) is 39.4 Å². The van der Waals surface area contributed by atoms with E-state index in [9.17, 15) is 9.90 Å². The summed E-state index contributed by atoms with van der Waals surface area (Å²) in [4.78, 5) is 24.7. The van der Waals surface area contributed by atoms with Crippen molar-refractivity contribution >= 4 is 5.97 Å². The average Bonchev–Trinajstić information content (AvgIpc) is 2.56. The number of rotatable bonds is 4. The second-order valence-corrected chi connectivity index (χ2v) is 6.62. The van der Waals surface area contributed by atoms with Gasteiger partial charge in [0.05, 0.1) is 12.5 Å². The molecule has 3 heterocycles. The highest BCUT2D eigenvalue weighted by Crippen LogP contribution is 2.42. The summed E-state index contributed by atoms with van der Waals surface area (Å²) in [6.45, 7) is 3.28. The maximum Gasteiger partial charge on any atom is 0.316 e. The molecule has 0 amide bonds. The molecule has 0 bridgehead atoms. The van der Waals surface area contributed by atoms with Crippen LogP contribution in [0.25, 0.3) is 0 Å². The first-order chi connectivity index (χ1) is 11.0. The van der Waals surface area contributed by atoms with E-state index < -0.39 is 11.4 Å². The fourth-order valence-corrected chi connectivity index (χ4v) is 3.98. The Morgan fingerprint density at radius 1 is 1.39 bits per heavy atom. The van der Waals surface area contributed by atoms with Crippen LogP contribution in [0.3, 0.4) is 0 Å². The molecule has 2 atom stereocenters. The molecule has 0 unspecified atom stereocenters. The van der Waals surface area contributed by atoms with Crippen LogP contribution in [0.15, 0.2) is 12.4 Å². The van der Waals surface area contributed by atoms with Crippen molar-refractivity contribution < 1.29 is 14.6 Å².